The second-order valence-electron chi connectivity index (χ2n) is 4.69. The molecule has 0 amide bonds. The van der Waals surface area contributed by atoms with Crippen LogP contribution >= 0.6 is 0 Å². The molecule has 0 fully saturated rings. The highest BCUT2D eigenvalue weighted by Crippen LogP contribution is 2.12. The van der Waals surface area contributed by atoms with Crippen LogP contribution in [0.5, 0.6) is 0 Å². The van der Waals surface area contributed by atoms with E-state index in [0.717, 1.165) is 11.1 Å². The van der Waals surface area contributed by atoms with Gasteiger partial charge in [0, 0.05) is 24.1 Å². The van der Waals surface area contributed by atoms with Crippen LogP contribution in [0.2, 0.25) is 0 Å². The molecule has 116 valence electrons. The Hall–Kier alpha value is -1.81. The first kappa shape index (κ1) is 17.2. The molecule has 0 radical (unpaired) electrons. The van der Waals surface area contributed by atoms with Gasteiger partial charge in [-0.15, -0.1) is 0 Å². The average Bonchev–Trinajstić information content (AvgIpc) is 2.49. The fourth-order valence-electron chi connectivity index (χ4n) is 2.41. The number of allylic oxidation sites excluding steroid dienone is 1. The van der Waals surface area contributed by atoms with Gasteiger partial charge in [0.05, 0.1) is 18.0 Å². The van der Waals surface area contributed by atoms with Gasteiger partial charge in [-0.25, -0.2) is 0 Å². The number of aromatic nitrogens is 1. The lowest BCUT2D eigenvalue weighted by atomic mass is 10.1. The van der Waals surface area contributed by atoms with Crippen LogP contribution in [0.15, 0.2) is 23.6 Å². The van der Waals surface area contributed by atoms with E-state index in [-0.39, 0.29) is 11.5 Å². The van der Waals surface area contributed by atoms with Gasteiger partial charge in [-0.1, -0.05) is 26.5 Å². The van der Waals surface area contributed by atoms with Gasteiger partial charge in [-0.05, 0) is 19.9 Å². The van der Waals surface area contributed by atoms with E-state index in [9.17, 15) is 4.79 Å². The van der Waals surface area contributed by atoms with E-state index in [4.69, 9.17) is 9.47 Å². The van der Waals surface area contributed by atoms with Crippen LogP contribution < -0.4 is 16.0 Å². The van der Waals surface area contributed by atoms with Crippen molar-refractivity contribution in [2.24, 2.45) is 0 Å². The predicted molar refractivity (Wildman–Crippen MR) is 86.6 cm³/mol. The number of aryl methyl sites for hydroxylation is 1. The molecule has 1 aromatic heterocycles. The highest BCUT2D eigenvalue weighted by molar-refractivity contribution is 5.42. The van der Waals surface area contributed by atoms with Crippen LogP contribution in [0, 0.1) is 6.92 Å². The van der Waals surface area contributed by atoms with Crippen LogP contribution in [-0.2, 0) is 9.47 Å². The summed E-state index contributed by atoms with van der Waals surface area (Å²) in [4.78, 5) is 12.2. The summed E-state index contributed by atoms with van der Waals surface area (Å²) in [5.41, 5.74) is 0.736. The molecule has 1 unspecified atom stereocenters. The second-order valence-corrected chi connectivity index (χ2v) is 4.69. The Morgan fingerprint density at radius 3 is 2.71 bits per heavy atom. The molecule has 0 saturated heterocycles. The van der Waals surface area contributed by atoms with E-state index in [1.54, 1.807) is 19.3 Å². The van der Waals surface area contributed by atoms with Gasteiger partial charge >= 0.3 is 0 Å². The summed E-state index contributed by atoms with van der Waals surface area (Å²) in [6.07, 6.45) is 5.25. The van der Waals surface area contributed by atoms with Crippen molar-refractivity contribution in [3.05, 3.63) is 45.2 Å². The van der Waals surface area contributed by atoms with Gasteiger partial charge in [-0.2, -0.15) is 0 Å². The van der Waals surface area contributed by atoms with Crippen molar-refractivity contribution in [1.82, 2.24) is 4.57 Å². The maximum Gasteiger partial charge on any atom is 0.192 e. The third-order valence-corrected chi connectivity index (χ3v) is 3.31. The van der Waals surface area contributed by atoms with Gasteiger partial charge in [0.1, 0.15) is 12.4 Å². The number of ether oxygens (including phenoxy) is 2. The normalized spacial score (nSPS) is 17.5. The van der Waals surface area contributed by atoms with Crippen LogP contribution in [0.4, 0.5) is 0 Å². The summed E-state index contributed by atoms with van der Waals surface area (Å²) in [5, 5.41) is 1.46. The zero-order chi connectivity index (χ0) is 16.0. The molecule has 4 heteroatoms. The van der Waals surface area contributed by atoms with E-state index < -0.39 is 0 Å². The lowest BCUT2D eigenvalue weighted by Gasteiger charge is -2.27. The van der Waals surface area contributed by atoms with E-state index in [0.29, 0.717) is 24.0 Å². The molecule has 2 heterocycles. The molecule has 1 aliphatic heterocycles. The number of methoxy groups -OCH3 is 1. The van der Waals surface area contributed by atoms with E-state index in [1.165, 1.54) is 0 Å². The first-order valence-corrected chi connectivity index (χ1v) is 7.27. The molecular weight excluding hydrogens is 266 g/mol. The first-order valence-electron chi connectivity index (χ1n) is 7.27. The number of nitrogens with zero attached hydrogens (tertiary/aromatic N) is 1. The number of rotatable bonds is 3. The van der Waals surface area contributed by atoms with Crippen LogP contribution in [0.25, 0.3) is 11.8 Å². The van der Waals surface area contributed by atoms with Crippen molar-refractivity contribution in [3.63, 3.8) is 0 Å². The van der Waals surface area contributed by atoms with Crippen molar-refractivity contribution in [3.8, 4) is 0 Å². The van der Waals surface area contributed by atoms with Gasteiger partial charge in [0.25, 0.3) is 0 Å². The quantitative estimate of drug-likeness (QED) is 0.847. The van der Waals surface area contributed by atoms with Crippen LogP contribution in [0.1, 0.15) is 32.4 Å². The highest BCUT2D eigenvalue weighted by Gasteiger charge is 2.20. The molecular formula is C17H25NO3. The largest absolute Gasteiger partial charge is 0.494 e. The zero-order valence-corrected chi connectivity index (χ0v) is 13.6. The summed E-state index contributed by atoms with van der Waals surface area (Å²) in [6.45, 7) is 12.5. The molecule has 0 N–H and O–H groups in total. The standard InChI is InChI=1S/C15H19NO3.C2H6/c1-5-6-13-14-11(3)19-9-12(8-18-4)16(14)7-10(2)15(13)17;1-2/h5-7,12H,1,8-9H2,2-4H3;1-2H3/b13-6+;. The fourth-order valence-corrected chi connectivity index (χ4v) is 2.41. The second kappa shape index (κ2) is 7.84. The molecule has 0 aromatic carbocycles. The Balaban J connectivity index is 0.00000106. The maximum absolute atomic E-state index is 12.2. The Bertz CT molecular complexity index is 671. The molecule has 0 aliphatic carbocycles. The number of fused-ring (bicyclic) bond motifs is 1. The first-order chi connectivity index (χ1) is 10.1. The highest BCUT2D eigenvalue weighted by atomic mass is 16.5. The monoisotopic (exact) mass is 291 g/mol. The molecule has 1 atom stereocenters. The van der Waals surface area contributed by atoms with Crippen molar-refractivity contribution in [1.29, 1.82) is 0 Å². The minimum Gasteiger partial charge on any atom is -0.494 e. The predicted octanol–water partition coefficient (Wildman–Crippen LogP) is 1.50. The van der Waals surface area contributed by atoms with Crippen LogP contribution in [0.3, 0.4) is 0 Å². The van der Waals surface area contributed by atoms with Gasteiger partial charge in [-0.3, -0.25) is 4.79 Å². The maximum atomic E-state index is 12.2. The number of pyridine rings is 1. The number of hydrogen-bond donors (Lipinski definition) is 0. The van der Waals surface area contributed by atoms with Crippen molar-refractivity contribution in [2.45, 2.75) is 33.7 Å². The van der Waals surface area contributed by atoms with E-state index in [1.807, 2.05) is 33.9 Å². The van der Waals surface area contributed by atoms with Crippen molar-refractivity contribution >= 4 is 11.8 Å². The molecule has 2 rings (SSSR count). The Labute approximate surface area is 126 Å². The fraction of sp³-hybridized carbons (Fsp3) is 0.471. The van der Waals surface area contributed by atoms with Crippen molar-refractivity contribution in [2.75, 3.05) is 20.3 Å². The average molecular weight is 291 g/mol. The minimum absolute atomic E-state index is 0.0205. The van der Waals surface area contributed by atoms with Crippen molar-refractivity contribution < 1.29 is 9.47 Å². The third-order valence-electron chi connectivity index (χ3n) is 3.31. The summed E-state index contributed by atoms with van der Waals surface area (Å²) in [6, 6.07) is 0.0833. The topological polar surface area (TPSA) is 40.5 Å². The van der Waals surface area contributed by atoms with E-state index >= 15 is 0 Å². The summed E-state index contributed by atoms with van der Waals surface area (Å²) >= 11 is 0. The minimum atomic E-state index is 0.0205. The molecule has 0 bridgehead atoms. The Morgan fingerprint density at radius 1 is 1.48 bits per heavy atom. The van der Waals surface area contributed by atoms with Gasteiger partial charge < -0.3 is 14.0 Å². The van der Waals surface area contributed by atoms with Crippen LogP contribution in [-0.4, -0.2) is 24.9 Å². The summed E-state index contributed by atoms with van der Waals surface area (Å²) in [5.74, 6) is 0.762. The Kier molecular flexibility index (Phi) is 6.43. The van der Waals surface area contributed by atoms with E-state index in [2.05, 4.69) is 11.1 Å². The molecule has 4 nitrogen and oxygen atoms in total. The summed E-state index contributed by atoms with van der Waals surface area (Å²) < 4.78 is 13.0. The van der Waals surface area contributed by atoms with Gasteiger partial charge in [0.15, 0.2) is 5.43 Å². The molecule has 0 spiro atoms. The summed E-state index contributed by atoms with van der Waals surface area (Å²) in [7, 11) is 1.66. The van der Waals surface area contributed by atoms with Gasteiger partial charge in [0.2, 0.25) is 0 Å². The third kappa shape index (κ3) is 3.45. The molecule has 1 aromatic rings. The zero-order valence-electron chi connectivity index (χ0n) is 13.6. The molecule has 0 saturated carbocycles. The molecule has 1 aliphatic rings. The molecule has 21 heavy (non-hydrogen) atoms. The lowest BCUT2D eigenvalue weighted by Crippen LogP contribution is -2.51. The SMILES string of the molecule is C=C/C=c1/c(=O)c(C)cn2c1=C(C)OCC2COC.CC. The lowest BCUT2D eigenvalue weighted by molar-refractivity contribution is 0.0985. The smallest absolute Gasteiger partial charge is 0.192 e. The Morgan fingerprint density at radius 2 is 2.14 bits per heavy atom. The number of hydrogen-bond acceptors (Lipinski definition) is 3.